The van der Waals surface area contributed by atoms with Crippen molar-refractivity contribution in [3.05, 3.63) is 33.1 Å². The monoisotopic (exact) mass is 274 g/mol. The van der Waals surface area contributed by atoms with Crippen LogP contribution in [0.15, 0.2) is 12.1 Å². The van der Waals surface area contributed by atoms with Crippen molar-refractivity contribution in [1.29, 1.82) is 0 Å². The molecule has 1 rings (SSSR count). The third-order valence-corrected chi connectivity index (χ3v) is 3.26. The van der Waals surface area contributed by atoms with E-state index in [-0.39, 0.29) is 16.4 Å². The maximum atomic E-state index is 13.3. The van der Waals surface area contributed by atoms with Crippen molar-refractivity contribution in [2.45, 2.75) is 26.7 Å². The number of hydrogen-bond donors (Lipinski definition) is 1. The van der Waals surface area contributed by atoms with Crippen LogP contribution in [0.2, 0.25) is 5.02 Å². The Morgan fingerprint density at radius 2 is 2.06 bits per heavy atom. The average Bonchev–Trinajstić information content (AvgIpc) is 2.34. The van der Waals surface area contributed by atoms with Crippen LogP contribution in [0.4, 0.5) is 15.8 Å². The van der Waals surface area contributed by atoms with Gasteiger partial charge in [-0.05, 0) is 5.92 Å². The molecule has 0 fully saturated rings. The van der Waals surface area contributed by atoms with Gasteiger partial charge >= 0.3 is 0 Å². The lowest BCUT2D eigenvalue weighted by Gasteiger charge is -2.14. The first kappa shape index (κ1) is 14.7. The molecule has 0 unspecified atom stereocenters. The first-order valence-electron chi connectivity index (χ1n) is 5.86. The molecule has 0 spiro atoms. The summed E-state index contributed by atoms with van der Waals surface area (Å²) >= 11 is 5.54. The van der Waals surface area contributed by atoms with Gasteiger partial charge in [0.1, 0.15) is 11.5 Å². The largest absolute Gasteiger partial charge is 0.379 e. The molecule has 0 radical (unpaired) electrons. The molecule has 18 heavy (non-hydrogen) atoms. The number of nitrogens with one attached hydrogen (secondary N) is 1. The number of hydrogen-bond acceptors (Lipinski definition) is 3. The lowest BCUT2D eigenvalue weighted by atomic mass is 10.0. The van der Waals surface area contributed by atoms with Crippen LogP contribution in [0.5, 0.6) is 0 Å². The summed E-state index contributed by atoms with van der Waals surface area (Å²) in [6.45, 7) is 4.67. The minimum absolute atomic E-state index is 0.175. The second-order valence-electron chi connectivity index (χ2n) is 4.10. The van der Waals surface area contributed by atoms with Gasteiger partial charge in [0.15, 0.2) is 0 Å². The van der Waals surface area contributed by atoms with E-state index in [1.54, 1.807) is 0 Å². The van der Waals surface area contributed by atoms with Gasteiger partial charge in [-0.1, -0.05) is 38.3 Å². The summed E-state index contributed by atoms with van der Waals surface area (Å²) in [4.78, 5) is 10.3. The zero-order valence-electron chi connectivity index (χ0n) is 10.4. The van der Waals surface area contributed by atoms with Crippen LogP contribution < -0.4 is 5.32 Å². The molecule has 0 heterocycles. The molecule has 0 aromatic heterocycles. The van der Waals surface area contributed by atoms with Crippen LogP contribution >= 0.6 is 11.6 Å². The molecule has 0 bridgehead atoms. The van der Waals surface area contributed by atoms with Gasteiger partial charge in [-0.25, -0.2) is 4.39 Å². The summed E-state index contributed by atoms with van der Waals surface area (Å²) in [6, 6.07) is 2.11. The van der Waals surface area contributed by atoms with E-state index in [9.17, 15) is 14.5 Å². The number of rotatable bonds is 6. The molecule has 0 atom stereocenters. The molecular formula is C12H16ClFN2O2. The van der Waals surface area contributed by atoms with Crippen LogP contribution in [0, 0.1) is 21.8 Å². The number of nitro benzene ring substituents is 1. The zero-order chi connectivity index (χ0) is 13.7. The molecule has 0 amide bonds. The van der Waals surface area contributed by atoms with Crippen LogP contribution in [-0.2, 0) is 0 Å². The minimum atomic E-state index is -0.658. The molecule has 0 saturated heterocycles. The predicted molar refractivity (Wildman–Crippen MR) is 70.6 cm³/mol. The zero-order valence-corrected chi connectivity index (χ0v) is 11.1. The third-order valence-electron chi connectivity index (χ3n) is 2.97. The number of anilines is 1. The highest BCUT2D eigenvalue weighted by Crippen LogP contribution is 2.30. The fourth-order valence-electron chi connectivity index (χ4n) is 1.66. The van der Waals surface area contributed by atoms with Crippen molar-refractivity contribution in [3.63, 3.8) is 0 Å². The smallest absolute Gasteiger partial charge is 0.294 e. The molecule has 6 heteroatoms. The van der Waals surface area contributed by atoms with Crippen LogP contribution in [0.25, 0.3) is 0 Å². The van der Waals surface area contributed by atoms with Gasteiger partial charge in [0.25, 0.3) is 5.69 Å². The first-order valence-corrected chi connectivity index (χ1v) is 6.24. The molecule has 0 saturated carbocycles. The Morgan fingerprint density at radius 1 is 1.44 bits per heavy atom. The highest BCUT2D eigenvalue weighted by molar-refractivity contribution is 6.31. The fraction of sp³-hybridized carbons (Fsp3) is 0.500. The molecule has 100 valence electrons. The van der Waals surface area contributed by atoms with E-state index in [0.717, 1.165) is 25.0 Å². The number of nitro groups is 1. The van der Waals surface area contributed by atoms with Crippen molar-refractivity contribution in [2.75, 3.05) is 11.9 Å². The Labute approximate surface area is 110 Å². The Hall–Kier alpha value is -1.36. The van der Waals surface area contributed by atoms with E-state index in [2.05, 4.69) is 5.32 Å². The highest BCUT2D eigenvalue weighted by Gasteiger charge is 2.18. The Morgan fingerprint density at radius 3 is 2.56 bits per heavy atom. The molecular weight excluding hydrogens is 259 g/mol. The van der Waals surface area contributed by atoms with Crippen molar-refractivity contribution in [3.8, 4) is 0 Å². The Kier molecular flexibility index (Phi) is 5.34. The number of halogens is 2. The average molecular weight is 275 g/mol. The summed E-state index contributed by atoms with van der Waals surface area (Å²) in [6.07, 6.45) is 1.93. The van der Waals surface area contributed by atoms with E-state index in [1.165, 1.54) is 0 Å². The number of benzene rings is 1. The van der Waals surface area contributed by atoms with Gasteiger partial charge in [0.2, 0.25) is 0 Å². The van der Waals surface area contributed by atoms with E-state index >= 15 is 0 Å². The van der Waals surface area contributed by atoms with Crippen molar-refractivity contribution in [1.82, 2.24) is 0 Å². The van der Waals surface area contributed by atoms with Gasteiger partial charge in [-0.3, -0.25) is 10.1 Å². The summed E-state index contributed by atoms with van der Waals surface area (Å²) in [7, 11) is 0. The standard InChI is InChI=1S/C12H16ClFN2O2/c1-3-8(4-2)7-15-11-6-10(14)9(13)5-12(11)16(17)18/h5-6,8,15H,3-4,7H2,1-2H3. The molecule has 4 nitrogen and oxygen atoms in total. The maximum Gasteiger partial charge on any atom is 0.294 e. The summed E-state index contributed by atoms with van der Waals surface area (Å²) in [5, 5.41) is 13.5. The Balaban J connectivity index is 2.93. The van der Waals surface area contributed by atoms with Gasteiger partial charge in [-0.15, -0.1) is 0 Å². The second-order valence-corrected chi connectivity index (χ2v) is 4.51. The summed E-state index contributed by atoms with van der Waals surface area (Å²) in [5.74, 6) is -0.252. The predicted octanol–water partition coefficient (Wildman–Crippen LogP) is 4.24. The van der Waals surface area contributed by atoms with Gasteiger partial charge in [0, 0.05) is 18.7 Å². The first-order chi connectivity index (χ1) is 8.49. The van der Waals surface area contributed by atoms with Gasteiger partial charge < -0.3 is 5.32 Å². The molecule has 1 aromatic rings. The van der Waals surface area contributed by atoms with Crippen LogP contribution in [0.1, 0.15) is 26.7 Å². The van der Waals surface area contributed by atoms with E-state index in [1.807, 2.05) is 13.8 Å². The molecule has 0 aliphatic heterocycles. The van der Waals surface area contributed by atoms with Gasteiger partial charge in [0.05, 0.1) is 9.95 Å². The lowest BCUT2D eigenvalue weighted by Crippen LogP contribution is -2.13. The van der Waals surface area contributed by atoms with Crippen LogP contribution in [0.3, 0.4) is 0 Å². The normalized spacial score (nSPS) is 10.7. The second kappa shape index (κ2) is 6.54. The maximum absolute atomic E-state index is 13.3. The molecule has 0 aliphatic rings. The fourth-order valence-corrected chi connectivity index (χ4v) is 1.82. The number of nitrogens with zero attached hydrogens (tertiary/aromatic N) is 1. The van der Waals surface area contributed by atoms with Crippen molar-refractivity contribution < 1.29 is 9.31 Å². The van der Waals surface area contributed by atoms with Crippen molar-refractivity contribution >= 4 is 23.0 Å². The topological polar surface area (TPSA) is 55.2 Å². The van der Waals surface area contributed by atoms with E-state index < -0.39 is 10.7 Å². The third kappa shape index (κ3) is 3.57. The Bertz CT molecular complexity index is 436. The summed E-state index contributed by atoms with van der Waals surface area (Å²) in [5.41, 5.74) is -0.0267. The highest BCUT2D eigenvalue weighted by atomic mass is 35.5. The van der Waals surface area contributed by atoms with Gasteiger partial charge in [-0.2, -0.15) is 0 Å². The van der Waals surface area contributed by atoms with Crippen molar-refractivity contribution in [2.24, 2.45) is 5.92 Å². The van der Waals surface area contributed by atoms with Crippen LogP contribution in [-0.4, -0.2) is 11.5 Å². The molecule has 1 aromatic carbocycles. The summed E-state index contributed by atoms with van der Waals surface area (Å²) < 4.78 is 13.3. The molecule has 0 aliphatic carbocycles. The minimum Gasteiger partial charge on any atom is -0.379 e. The lowest BCUT2D eigenvalue weighted by molar-refractivity contribution is -0.384. The quantitative estimate of drug-likeness (QED) is 0.624. The van der Waals surface area contributed by atoms with E-state index in [4.69, 9.17) is 11.6 Å². The van der Waals surface area contributed by atoms with E-state index in [0.29, 0.717) is 12.5 Å². The SMILES string of the molecule is CCC(CC)CNc1cc(F)c(Cl)cc1[N+](=O)[O-]. The molecule has 1 N–H and O–H groups in total.